The van der Waals surface area contributed by atoms with Gasteiger partial charge in [0.1, 0.15) is 0 Å². The largest absolute Gasteiger partial charge is 0.349 e. The van der Waals surface area contributed by atoms with Crippen LogP contribution in [0, 0.1) is 0 Å². The Balaban J connectivity index is 2.10. The minimum Gasteiger partial charge on any atom is -0.349 e. The highest BCUT2D eigenvalue weighted by molar-refractivity contribution is 6.34. The Labute approximate surface area is 163 Å². The molecule has 27 heavy (non-hydrogen) atoms. The molecule has 0 aliphatic carbocycles. The summed E-state index contributed by atoms with van der Waals surface area (Å²) in [4.78, 5) is 37.4. The maximum Gasteiger partial charge on any atom is 0.254 e. The fraction of sp³-hybridized carbons (Fsp3) is 0.250. The number of rotatable bonds is 6. The van der Waals surface area contributed by atoms with Gasteiger partial charge in [-0.2, -0.15) is 0 Å². The first-order valence-electron chi connectivity index (χ1n) is 8.41. The number of halogens is 1. The van der Waals surface area contributed by atoms with Crippen LogP contribution in [0.15, 0.2) is 48.5 Å². The zero-order chi connectivity index (χ0) is 20.0. The Morgan fingerprint density at radius 3 is 2.30 bits per heavy atom. The van der Waals surface area contributed by atoms with E-state index in [2.05, 4.69) is 10.6 Å². The van der Waals surface area contributed by atoms with Crippen molar-refractivity contribution < 1.29 is 14.4 Å². The van der Waals surface area contributed by atoms with Gasteiger partial charge in [-0.25, -0.2) is 0 Å². The highest BCUT2D eigenvalue weighted by Gasteiger charge is 2.18. The van der Waals surface area contributed by atoms with E-state index in [1.54, 1.807) is 26.2 Å². The zero-order valence-electron chi connectivity index (χ0n) is 15.5. The molecule has 2 aromatic rings. The summed E-state index contributed by atoms with van der Waals surface area (Å²) in [5, 5.41) is 5.79. The van der Waals surface area contributed by atoms with E-state index in [9.17, 15) is 14.4 Å². The Morgan fingerprint density at radius 1 is 1.07 bits per heavy atom. The summed E-state index contributed by atoms with van der Waals surface area (Å²) in [6.45, 7) is 1.41. The summed E-state index contributed by atoms with van der Waals surface area (Å²) in [6.07, 6.45) is 0.0690. The lowest BCUT2D eigenvalue weighted by molar-refractivity contribution is -0.120. The first kappa shape index (κ1) is 20.5. The third-order valence-corrected chi connectivity index (χ3v) is 4.17. The van der Waals surface area contributed by atoms with Crippen molar-refractivity contribution in [2.45, 2.75) is 19.4 Å². The standard InChI is InChI=1S/C20H22ClN3O3/c1-13(25)22-18(14-7-5-4-6-8-14)12-19(26)23-15-9-10-16(17(21)11-15)20(27)24(2)3/h4-11,18H,12H2,1-3H3,(H,22,25)(H,23,26). The van der Waals surface area contributed by atoms with Crippen molar-refractivity contribution in [1.29, 1.82) is 0 Å². The molecule has 0 heterocycles. The predicted molar refractivity (Wildman–Crippen MR) is 106 cm³/mol. The summed E-state index contributed by atoms with van der Waals surface area (Å²) in [6, 6.07) is 13.6. The van der Waals surface area contributed by atoms with Crippen LogP contribution in [0.25, 0.3) is 0 Å². The van der Waals surface area contributed by atoms with Gasteiger partial charge in [0.2, 0.25) is 11.8 Å². The van der Waals surface area contributed by atoms with E-state index in [0.29, 0.717) is 11.3 Å². The number of carbonyl (C=O) groups excluding carboxylic acids is 3. The Hall–Kier alpha value is -2.86. The van der Waals surface area contributed by atoms with E-state index in [-0.39, 0.29) is 29.2 Å². The number of hydrogen-bond donors (Lipinski definition) is 2. The maximum atomic E-state index is 12.4. The quantitative estimate of drug-likeness (QED) is 0.798. The summed E-state index contributed by atoms with van der Waals surface area (Å²) in [5.41, 5.74) is 1.68. The zero-order valence-corrected chi connectivity index (χ0v) is 16.2. The molecular formula is C20H22ClN3O3. The van der Waals surface area contributed by atoms with Crippen LogP contribution >= 0.6 is 11.6 Å². The average Bonchev–Trinajstić information content (AvgIpc) is 2.61. The van der Waals surface area contributed by atoms with Crippen LogP contribution in [-0.4, -0.2) is 36.7 Å². The molecule has 2 aromatic carbocycles. The Morgan fingerprint density at radius 2 is 1.74 bits per heavy atom. The van der Waals surface area contributed by atoms with Crippen LogP contribution in [0.2, 0.25) is 5.02 Å². The molecule has 0 aliphatic heterocycles. The monoisotopic (exact) mass is 387 g/mol. The van der Waals surface area contributed by atoms with Gasteiger partial charge in [-0.3, -0.25) is 14.4 Å². The fourth-order valence-electron chi connectivity index (χ4n) is 2.59. The van der Waals surface area contributed by atoms with Gasteiger partial charge in [-0.15, -0.1) is 0 Å². The van der Waals surface area contributed by atoms with Crippen LogP contribution in [0.3, 0.4) is 0 Å². The van der Waals surface area contributed by atoms with Crippen molar-refractivity contribution in [2.75, 3.05) is 19.4 Å². The van der Waals surface area contributed by atoms with Crippen molar-refractivity contribution in [3.63, 3.8) is 0 Å². The number of anilines is 1. The van der Waals surface area contributed by atoms with Gasteiger partial charge in [0, 0.05) is 26.7 Å². The Bertz CT molecular complexity index is 838. The third-order valence-electron chi connectivity index (χ3n) is 3.86. The molecular weight excluding hydrogens is 366 g/mol. The number of benzene rings is 2. The molecule has 0 saturated heterocycles. The topological polar surface area (TPSA) is 78.5 Å². The lowest BCUT2D eigenvalue weighted by Gasteiger charge is -2.18. The predicted octanol–water partition coefficient (Wildman–Crippen LogP) is 3.25. The average molecular weight is 388 g/mol. The molecule has 2 N–H and O–H groups in total. The fourth-order valence-corrected chi connectivity index (χ4v) is 2.85. The van der Waals surface area contributed by atoms with Gasteiger partial charge in [0.15, 0.2) is 0 Å². The lowest BCUT2D eigenvalue weighted by atomic mass is 10.0. The normalized spacial score (nSPS) is 11.4. The second kappa shape index (κ2) is 9.19. The number of carbonyl (C=O) groups is 3. The van der Waals surface area contributed by atoms with Gasteiger partial charge in [0.05, 0.1) is 23.0 Å². The highest BCUT2D eigenvalue weighted by atomic mass is 35.5. The molecule has 3 amide bonds. The van der Waals surface area contributed by atoms with E-state index < -0.39 is 6.04 Å². The molecule has 142 valence electrons. The minimum atomic E-state index is -0.436. The summed E-state index contributed by atoms with van der Waals surface area (Å²) >= 11 is 6.17. The van der Waals surface area contributed by atoms with Crippen molar-refractivity contribution in [3.8, 4) is 0 Å². The van der Waals surface area contributed by atoms with E-state index in [1.165, 1.54) is 17.9 Å². The van der Waals surface area contributed by atoms with E-state index >= 15 is 0 Å². The molecule has 0 spiro atoms. The summed E-state index contributed by atoms with van der Waals surface area (Å²) < 4.78 is 0. The molecule has 0 radical (unpaired) electrons. The van der Waals surface area contributed by atoms with Gasteiger partial charge in [-0.05, 0) is 23.8 Å². The van der Waals surface area contributed by atoms with Crippen LogP contribution in [0.1, 0.15) is 35.3 Å². The number of nitrogens with one attached hydrogen (secondary N) is 2. The molecule has 1 unspecified atom stereocenters. The molecule has 0 bridgehead atoms. The van der Waals surface area contributed by atoms with E-state index in [0.717, 1.165) is 5.56 Å². The minimum absolute atomic E-state index is 0.0690. The number of amides is 3. The molecule has 1 atom stereocenters. The van der Waals surface area contributed by atoms with Gasteiger partial charge >= 0.3 is 0 Å². The van der Waals surface area contributed by atoms with Gasteiger partial charge < -0.3 is 15.5 Å². The second-order valence-corrected chi connectivity index (χ2v) is 6.72. The molecule has 0 saturated carbocycles. The van der Waals surface area contributed by atoms with Crippen LogP contribution in [0.5, 0.6) is 0 Å². The summed E-state index contributed by atoms with van der Waals surface area (Å²) in [5.74, 6) is -0.709. The SMILES string of the molecule is CC(=O)NC(CC(=O)Nc1ccc(C(=O)N(C)C)c(Cl)c1)c1ccccc1. The van der Waals surface area contributed by atoms with Crippen LogP contribution < -0.4 is 10.6 Å². The van der Waals surface area contributed by atoms with E-state index in [4.69, 9.17) is 11.6 Å². The molecule has 0 aliphatic rings. The highest BCUT2D eigenvalue weighted by Crippen LogP contribution is 2.23. The van der Waals surface area contributed by atoms with Crippen LogP contribution in [0.4, 0.5) is 5.69 Å². The van der Waals surface area contributed by atoms with Crippen molar-refractivity contribution >= 4 is 35.0 Å². The first-order valence-corrected chi connectivity index (χ1v) is 8.79. The molecule has 2 rings (SSSR count). The maximum absolute atomic E-state index is 12.4. The number of nitrogens with zero attached hydrogens (tertiary/aromatic N) is 1. The molecule has 7 heteroatoms. The summed E-state index contributed by atoms with van der Waals surface area (Å²) in [7, 11) is 3.28. The Kier molecular flexibility index (Phi) is 6.96. The molecule has 0 aromatic heterocycles. The number of hydrogen-bond acceptors (Lipinski definition) is 3. The molecule has 0 fully saturated rings. The molecule has 6 nitrogen and oxygen atoms in total. The first-order chi connectivity index (χ1) is 12.8. The smallest absolute Gasteiger partial charge is 0.254 e. The van der Waals surface area contributed by atoms with Gasteiger partial charge in [0.25, 0.3) is 5.91 Å². The van der Waals surface area contributed by atoms with E-state index in [1.807, 2.05) is 30.3 Å². The van der Waals surface area contributed by atoms with Crippen LogP contribution in [-0.2, 0) is 9.59 Å². The van der Waals surface area contributed by atoms with Gasteiger partial charge in [-0.1, -0.05) is 41.9 Å². The second-order valence-electron chi connectivity index (χ2n) is 6.31. The lowest BCUT2D eigenvalue weighted by Crippen LogP contribution is -2.29. The van der Waals surface area contributed by atoms with Crippen molar-refractivity contribution in [3.05, 3.63) is 64.7 Å². The third kappa shape index (κ3) is 5.82. The van der Waals surface area contributed by atoms with Crippen molar-refractivity contribution in [1.82, 2.24) is 10.2 Å². The van der Waals surface area contributed by atoms with Crippen molar-refractivity contribution in [2.24, 2.45) is 0 Å².